The molecule has 3 aromatic rings. The molecule has 5 heteroatoms. The molecule has 3 N–H and O–H groups in total. The third-order valence-electron chi connectivity index (χ3n) is 3.82. The van der Waals surface area contributed by atoms with Gasteiger partial charge in [0.2, 0.25) is 0 Å². The molecule has 1 amide bonds. The van der Waals surface area contributed by atoms with Gasteiger partial charge in [-0.1, -0.05) is 30.3 Å². The van der Waals surface area contributed by atoms with E-state index in [2.05, 4.69) is 15.8 Å². The quantitative estimate of drug-likeness (QED) is 0.695. The summed E-state index contributed by atoms with van der Waals surface area (Å²) in [5, 5.41) is 1.02. The van der Waals surface area contributed by atoms with Gasteiger partial charge in [0.05, 0.1) is 0 Å². The summed E-state index contributed by atoms with van der Waals surface area (Å²) in [5.41, 5.74) is 9.16. The average Bonchev–Trinajstić information content (AvgIpc) is 2.94. The first-order valence-corrected chi connectivity index (χ1v) is 7.16. The number of aromatic nitrogens is 1. The number of amides is 1. The number of carbonyl (C=O) groups is 1. The molecule has 0 atom stereocenters. The largest absolute Gasteiger partial charge is 0.489 e. The van der Waals surface area contributed by atoms with Gasteiger partial charge in [-0.25, -0.2) is 5.43 Å². The van der Waals surface area contributed by atoms with E-state index in [1.807, 2.05) is 48.5 Å². The first-order valence-electron chi connectivity index (χ1n) is 7.16. The van der Waals surface area contributed by atoms with Crippen LogP contribution < -0.4 is 15.6 Å². The maximum atomic E-state index is 11.8. The molecule has 110 valence electrons. The summed E-state index contributed by atoms with van der Waals surface area (Å²) in [6.45, 7) is 1.13. The monoisotopic (exact) mass is 293 g/mol. The van der Waals surface area contributed by atoms with E-state index in [1.54, 1.807) is 0 Å². The molecule has 0 spiro atoms. The van der Waals surface area contributed by atoms with Crippen LogP contribution in [0.25, 0.3) is 10.9 Å². The molecule has 1 aliphatic heterocycles. The van der Waals surface area contributed by atoms with Crippen molar-refractivity contribution in [2.75, 3.05) is 0 Å². The minimum Gasteiger partial charge on any atom is -0.489 e. The van der Waals surface area contributed by atoms with Gasteiger partial charge in [0, 0.05) is 23.0 Å². The lowest BCUT2D eigenvalue weighted by molar-refractivity contribution is 0.0916. The molecule has 0 fully saturated rings. The number of benzene rings is 2. The number of hydrogen-bond donors (Lipinski definition) is 3. The third-order valence-corrected chi connectivity index (χ3v) is 3.82. The third kappa shape index (κ3) is 2.21. The van der Waals surface area contributed by atoms with Crippen LogP contribution in [0.4, 0.5) is 0 Å². The molecular weight excluding hydrogens is 278 g/mol. The Balaban J connectivity index is 1.64. The van der Waals surface area contributed by atoms with Gasteiger partial charge in [-0.05, 0) is 23.8 Å². The van der Waals surface area contributed by atoms with Crippen molar-refractivity contribution in [3.63, 3.8) is 0 Å². The maximum Gasteiger partial charge on any atom is 0.282 e. The van der Waals surface area contributed by atoms with E-state index in [9.17, 15) is 4.79 Å². The van der Waals surface area contributed by atoms with E-state index in [-0.39, 0.29) is 5.91 Å². The molecule has 1 aliphatic rings. The zero-order chi connectivity index (χ0) is 14.9. The number of hydrogen-bond acceptors (Lipinski definition) is 3. The summed E-state index contributed by atoms with van der Waals surface area (Å²) in [5.74, 6) is 0.660. The smallest absolute Gasteiger partial charge is 0.282 e. The van der Waals surface area contributed by atoms with Crippen molar-refractivity contribution in [1.82, 2.24) is 15.8 Å². The Labute approximate surface area is 127 Å². The van der Waals surface area contributed by atoms with Crippen LogP contribution in [0.15, 0.2) is 48.5 Å². The van der Waals surface area contributed by atoms with Crippen LogP contribution in [0.2, 0.25) is 0 Å². The van der Waals surface area contributed by atoms with Crippen molar-refractivity contribution in [2.24, 2.45) is 0 Å². The highest BCUT2D eigenvalue weighted by Gasteiger charge is 2.21. The topological polar surface area (TPSA) is 66.2 Å². The van der Waals surface area contributed by atoms with Gasteiger partial charge in [0.1, 0.15) is 18.1 Å². The second kappa shape index (κ2) is 5.20. The minimum absolute atomic E-state index is 0.135. The Morgan fingerprint density at radius 2 is 1.95 bits per heavy atom. The Kier molecular flexibility index (Phi) is 3.05. The predicted octanol–water partition coefficient (Wildman–Crippen LogP) is 2.49. The first kappa shape index (κ1) is 12.9. The van der Waals surface area contributed by atoms with Gasteiger partial charge in [0.25, 0.3) is 5.91 Å². The van der Waals surface area contributed by atoms with E-state index in [0.29, 0.717) is 18.8 Å². The summed E-state index contributed by atoms with van der Waals surface area (Å²) in [7, 11) is 0. The Morgan fingerprint density at radius 1 is 1.09 bits per heavy atom. The summed E-state index contributed by atoms with van der Waals surface area (Å²) in [4.78, 5) is 15.0. The molecule has 0 saturated carbocycles. The van der Waals surface area contributed by atoms with Gasteiger partial charge < -0.3 is 9.72 Å². The Bertz CT molecular complexity index is 840. The van der Waals surface area contributed by atoms with Crippen molar-refractivity contribution in [1.29, 1.82) is 0 Å². The van der Waals surface area contributed by atoms with Crippen molar-refractivity contribution >= 4 is 16.8 Å². The molecule has 0 saturated heterocycles. The van der Waals surface area contributed by atoms with Crippen molar-refractivity contribution in [3.8, 4) is 5.75 Å². The highest BCUT2D eigenvalue weighted by molar-refractivity contribution is 6.02. The molecule has 1 aromatic heterocycles. The molecular formula is C17H15N3O2. The highest BCUT2D eigenvalue weighted by Crippen LogP contribution is 2.28. The van der Waals surface area contributed by atoms with Crippen LogP contribution >= 0.6 is 0 Å². The minimum atomic E-state index is -0.135. The molecule has 0 aliphatic carbocycles. The van der Waals surface area contributed by atoms with E-state index in [4.69, 9.17) is 4.74 Å². The zero-order valence-electron chi connectivity index (χ0n) is 11.8. The molecule has 22 heavy (non-hydrogen) atoms. The van der Waals surface area contributed by atoms with Crippen molar-refractivity contribution in [3.05, 3.63) is 65.4 Å². The van der Waals surface area contributed by atoms with E-state index < -0.39 is 0 Å². The Morgan fingerprint density at radius 3 is 2.82 bits per heavy atom. The number of aromatic amines is 1. The molecule has 0 unspecified atom stereocenters. The lowest BCUT2D eigenvalue weighted by Crippen LogP contribution is -2.41. The summed E-state index contributed by atoms with van der Waals surface area (Å²) in [6, 6.07) is 15.9. The fourth-order valence-electron chi connectivity index (χ4n) is 2.71. The SMILES string of the molecule is O=C1NNCc2c1[nH]c1ccc(OCc3ccccc3)cc21. The molecule has 5 nitrogen and oxygen atoms in total. The molecule has 2 aromatic carbocycles. The lowest BCUT2D eigenvalue weighted by atomic mass is 10.1. The number of ether oxygens (including phenoxy) is 1. The van der Waals surface area contributed by atoms with Crippen LogP contribution in [-0.2, 0) is 13.2 Å². The van der Waals surface area contributed by atoms with Crippen LogP contribution in [0, 0.1) is 0 Å². The highest BCUT2D eigenvalue weighted by atomic mass is 16.5. The van der Waals surface area contributed by atoms with Crippen molar-refractivity contribution in [2.45, 2.75) is 13.2 Å². The average molecular weight is 293 g/mol. The van der Waals surface area contributed by atoms with E-state index in [1.165, 1.54) is 0 Å². The molecule has 0 radical (unpaired) electrons. The predicted molar refractivity (Wildman–Crippen MR) is 83.4 cm³/mol. The van der Waals surface area contributed by atoms with Gasteiger partial charge in [-0.2, -0.15) is 0 Å². The van der Waals surface area contributed by atoms with Gasteiger partial charge in [0.15, 0.2) is 0 Å². The number of nitrogens with one attached hydrogen (secondary N) is 3. The zero-order valence-corrected chi connectivity index (χ0v) is 11.8. The van der Waals surface area contributed by atoms with Gasteiger partial charge >= 0.3 is 0 Å². The number of hydrazine groups is 1. The fourth-order valence-corrected chi connectivity index (χ4v) is 2.71. The van der Waals surface area contributed by atoms with Crippen molar-refractivity contribution < 1.29 is 9.53 Å². The summed E-state index contributed by atoms with van der Waals surface area (Å²) < 4.78 is 5.85. The van der Waals surface area contributed by atoms with E-state index >= 15 is 0 Å². The standard InChI is InChI=1S/C17H15N3O2/c21-17-16-14(9-18-20-17)13-8-12(6-7-15(13)19-16)22-10-11-4-2-1-3-5-11/h1-8,18-19H,9-10H2,(H,20,21). The van der Waals surface area contributed by atoms with Crippen LogP contribution in [0.1, 0.15) is 21.6 Å². The molecule has 2 heterocycles. The number of rotatable bonds is 3. The maximum absolute atomic E-state index is 11.8. The second-order valence-electron chi connectivity index (χ2n) is 5.27. The normalized spacial score (nSPS) is 13.7. The number of carbonyl (C=O) groups excluding carboxylic acids is 1. The number of fused-ring (bicyclic) bond motifs is 3. The van der Waals surface area contributed by atoms with Crippen LogP contribution in [0.3, 0.4) is 0 Å². The van der Waals surface area contributed by atoms with E-state index in [0.717, 1.165) is 27.8 Å². The number of H-pyrrole nitrogens is 1. The molecule has 4 rings (SSSR count). The Hall–Kier alpha value is -2.79. The van der Waals surface area contributed by atoms with Crippen LogP contribution in [-0.4, -0.2) is 10.9 Å². The first-order chi connectivity index (χ1) is 10.8. The van der Waals surface area contributed by atoms with Gasteiger partial charge in [-0.15, -0.1) is 0 Å². The summed E-state index contributed by atoms with van der Waals surface area (Å²) >= 11 is 0. The fraction of sp³-hybridized carbons (Fsp3) is 0.118. The lowest BCUT2D eigenvalue weighted by Gasteiger charge is -2.13. The van der Waals surface area contributed by atoms with Crippen LogP contribution in [0.5, 0.6) is 5.75 Å². The van der Waals surface area contributed by atoms with Gasteiger partial charge in [-0.3, -0.25) is 10.2 Å². The molecule has 0 bridgehead atoms. The second-order valence-corrected chi connectivity index (χ2v) is 5.27. The summed E-state index contributed by atoms with van der Waals surface area (Å²) in [6.07, 6.45) is 0.